The Balaban J connectivity index is 3.45. The van der Waals surface area contributed by atoms with E-state index in [4.69, 9.17) is 14.6 Å². The fourth-order valence-corrected chi connectivity index (χ4v) is 1.74. The third-order valence-electron chi connectivity index (χ3n) is 2.72. The predicted molar refractivity (Wildman–Crippen MR) is 60.3 cm³/mol. The highest BCUT2D eigenvalue weighted by atomic mass is 19.1. The van der Waals surface area contributed by atoms with Crippen molar-refractivity contribution in [2.45, 2.75) is 19.8 Å². The highest BCUT2D eigenvalue weighted by Crippen LogP contribution is 2.38. The number of carboxylic acid groups (broad SMARTS) is 1. The Bertz CT molecular complexity index is 443. The van der Waals surface area contributed by atoms with Crippen molar-refractivity contribution in [3.8, 4) is 11.5 Å². The lowest BCUT2D eigenvalue weighted by atomic mass is 9.95. The zero-order valence-electron chi connectivity index (χ0n) is 10.2. The lowest BCUT2D eigenvalue weighted by molar-refractivity contribution is -0.138. The van der Waals surface area contributed by atoms with Gasteiger partial charge in [0.25, 0.3) is 0 Å². The van der Waals surface area contributed by atoms with Crippen molar-refractivity contribution in [1.29, 1.82) is 0 Å². The summed E-state index contributed by atoms with van der Waals surface area (Å²) in [7, 11) is 2.72. The van der Waals surface area contributed by atoms with Gasteiger partial charge in [0.2, 0.25) is 0 Å². The molecule has 0 amide bonds. The normalized spacial score (nSPS) is 12.1. The lowest BCUT2D eigenvalue weighted by Crippen LogP contribution is -2.11. The lowest BCUT2D eigenvalue weighted by Gasteiger charge is -2.17. The second kappa shape index (κ2) is 5.03. The molecule has 0 aliphatic heterocycles. The fourth-order valence-electron chi connectivity index (χ4n) is 1.74. The Kier molecular flexibility index (Phi) is 3.93. The summed E-state index contributed by atoms with van der Waals surface area (Å²) in [4.78, 5) is 10.9. The summed E-state index contributed by atoms with van der Waals surface area (Å²) in [6, 6.07) is 1.18. The largest absolute Gasteiger partial charge is 0.492 e. The summed E-state index contributed by atoms with van der Waals surface area (Å²) in [5, 5.41) is 8.95. The van der Waals surface area contributed by atoms with E-state index in [9.17, 15) is 9.18 Å². The Labute approximate surface area is 99.0 Å². The first kappa shape index (κ1) is 13.3. The van der Waals surface area contributed by atoms with Crippen LogP contribution in [-0.2, 0) is 4.79 Å². The van der Waals surface area contributed by atoms with Gasteiger partial charge in [-0.2, -0.15) is 0 Å². The number of hydrogen-bond donors (Lipinski definition) is 1. The molecule has 4 nitrogen and oxygen atoms in total. The highest BCUT2D eigenvalue weighted by molar-refractivity contribution is 5.77. The quantitative estimate of drug-likeness (QED) is 0.880. The molecule has 0 aromatic heterocycles. The molecule has 1 aromatic carbocycles. The topological polar surface area (TPSA) is 55.8 Å². The van der Waals surface area contributed by atoms with E-state index in [1.807, 2.05) is 0 Å². The first-order chi connectivity index (χ1) is 7.93. The van der Waals surface area contributed by atoms with Gasteiger partial charge in [-0.3, -0.25) is 4.79 Å². The van der Waals surface area contributed by atoms with Gasteiger partial charge in [0, 0.05) is 0 Å². The van der Waals surface area contributed by atoms with Crippen LogP contribution in [0.2, 0.25) is 0 Å². The smallest absolute Gasteiger partial charge is 0.310 e. The van der Waals surface area contributed by atoms with E-state index in [-0.39, 0.29) is 11.5 Å². The number of halogens is 1. The summed E-state index contributed by atoms with van der Waals surface area (Å²) >= 11 is 0. The number of benzene rings is 1. The van der Waals surface area contributed by atoms with Gasteiger partial charge in [-0.05, 0) is 31.0 Å². The molecule has 0 saturated carbocycles. The van der Waals surface area contributed by atoms with Crippen molar-refractivity contribution in [3.05, 3.63) is 23.0 Å². The predicted octanol–water partition coefficient (Wildman–Crippen LogP) is 2.34. The summed E-state index contributed by atoms with van der Waals surface area (Å²) in [6.07, 6.45) is 0. The van der Waals surface area contributed by atoms with Gasteiger partial charge < -0.3 is 14.6 Å². The highest BCUT2D eigenvalue weighted by Gasteiger charge is 2.23. The number of methoxy groups -OCH3 is 2. The third-order valence-corrected chi connectivity index (χ3v) is 2.72. The van der Waals surface area contributed by atoms with E-state index in [2.05, 4.69) is 0 Å². The number of carbonyl (C=O) groups is 1. The van der Waals surface area contributed by atoms with Crippen molar-refractivity contribution in [3.63, 3.8) is 0 Å². The Hall–Kier alpha value is -1.78. The summed E-state index contributed by atoms with van der Waals surface area (Å²) < 4.78 is 23.7. The molecule has 17 heavy (non-hydrogen) atoms. The number of hydrogen-bond acceptors (Lipinski definition) is 3. The molecule has 1 unspecified atom stereocenters. The van der Waals surface area contributed by atoms with Crippen LogP contribution in [0.4, 0.5) is 4.39 Å². The van der Waals surface area contributed by atoms with Crippen molar-refractivity contribution < 1.29 is 23.8 Å². The molecule has 5 heteroatoms. The molecule has 0 saturated heterocycles. The number of ether oxygens (including phenoxy) is 2. The first-order valence-corrected chi connectivity index (χ1v) is 5.07. The molecule has 0 bridgehead atoms. The molecule has 1 aromatic rings. The average molecular weight is 242 g/mol. The standard InChI is InChI=1S/C12H15FO4/c1-6-8(7(2)12(14)15)5-9(13)11(17-4)10(6)16-3/h5,7H,1-4H3,(H,14,15). The number of aliphatic carboxylic acids is 1. The number of carboxylic acids is 1. The van der Waals surface area contributed by atoms with Gasteiger partial charge in [-0.15, -0.1) is 0 Å². The second-order valence-electron chi connectivity index (χ2n) is 3.70. The van der Waals surface area contributed by atoms with Gasteiger partial charge in [-0.1, -0.05) is 0 Å². The molecule has 94 valence electrons. The first-order valence-electron chi connectivity index (χ1n) is 5.07. The maximum Gasteiger partial charge on any atom is 0.310 e. The van der Waals surface area contributed by atoms with Crippen LogP contribution in [0.25, 0.3) is 0 Å². The third kappa shape index (κ3) is 2.33. The number of rotatable bonds is 4. The van der Waals surface area contributed by atoms with Crippen molar-refractivity contribution in [2.24, 2.45) is 0 Å². The SMILES string of the molecule is COc1c(F)cc(C(C)C(=O)O)c(C)c1OC. The van der Waals surface area contributed by atoms with Gasteiger partial charge in [0.05, 0.1) is 20.1 Å². The minimum Gasteiger partial charge on any atom is -0.492 e. The summed E-state index contributed by atoms with van der Waals surface area (Å²) in [5.74, 6) is -2.22. The Morgan fingerprint density at radius 2 is 1.88 bits per heavy atom. The van der Waals surface area contributed by atoms with Gasteiger partial charge >= 0.3 is 5.97 Å². The molecule has 1 atom stereocenters. The molecule has 0 spiro atoms. The minimum absolute atomic E-state index is 0.00802. The molecule has 0 heterocycles. The molecule has 1 N–H and O–H groups in total. The van der Waals surface area contributed by atoms with Gasteiger partial charge in [0.15, 0.2) is 17.3 Å². The Morgan fingerprint density at radius 3 is 2.29 bits per heavy atom. The van der Waals surface area contributed by atoms with Crippen LogP contribution in [0, 0.1) is 12.7 Å². The molecule has 1 rings (SSSR count). The van der Waals surface area contributed by atoms with Gasteiger partial charge in [-0.25, -0.2) is 4.39 Å². The van der Waals surface area contributed by atoms with E-state index in [1.165, 1.54) is 27.2 Å². The van der Waals surface area contributed by atoms with E-state index < -0.39 is 17.7 Å². The molecule has 0 aliphatic carbocycles. The zero-order valence-corrected chi connectivity index (χ0v) is 10.2. The minimum atomic E-state index is -1.01. The zero-order chi connectivity index (χ0) is 13.2. The van der Waals surface area contributed by atoms with Crippen LogP contribution < -0.4 is 9.47 Å². The van der Waals surface area contributed by atoms with E-state index in [0.717, 1.165) is 0 Å². The summed E-state index contributed by atoms with van der Waals surface area (Å²) in [5.41, 5.74) is 0.952. The van der Waals surface area contributed by atoms with Crippen LogP contribution in [-0.4, -0.2) is 25.3 Å². The van der Waals surface area contributed by atoms with Crippen LogP contribution >= 0.6 is 0 Å². The van der Waals surface area contributed by atoms with Crippen molar-refractivity contribution >= 4 is 5.97 Å². The summed E-state index contributed by atoms with van der Waals surface area (Å²) in [6.45, 7) is 3.17. The van der Waals surface area contributed by atoms with Crippen LogP contribution in [0.1, 0.15) is 24.0 Å². The molecule has 0 fully saturated rings. The maximum atomic E-state index is 13.7. The molecule has 0 aliphatic rings. The van der Waals surface area contributed by atoms with Crippen molar-refractivity contribution in [1.82, 2.24) is 0 Å². The molecular formula is C12H15FO4. The second-order valence-corrected chi connectivity index (χ2v) is 3.70. The fraction of sp³-hybridized carbons (Fsp3) is 0.417. The van der Waals surface area contributed by atoms with Gasteiger partial charge in [0.1, 0.15) is 0 Å². The average Bonchev–Trinajstić information content (AvgIpc) is 2.29. The van der Waals surface area contributed by atoms with Crippen LogP contribution in [0.15, 0.2) is 6.07 Å². The van der Waals surface area contributed by atoms with Crippen LogP contribution in [0.5, 0.6) is 11.5 Å². The van der Waals surface area contributed by atoms with E-state index in [0.29, 0.717) is 11.1 Å². The van der Waals surface area contributed by atoms with E-state index in [1.54, 1.807) is 6.92 Å². The van der Waals surface area contributed by atoms with E-state index >= 15 is 0 Å². The molecular weight excluding hydrogens is 227 g/mol. The van der Waals surface area contributed by atoms with Crippen molar-refractivity contribution in [2.75, 3.05) is 14.2 Å². The maximum absolute atomic E-state index is 13.7. The van der Waals surface area contributed by atoms with Crippen LogP contribution in [0.3, 0.4) is 0 Å². The Morgan fingerprint density at radius 1 is 1.35 bits per heavy atom. The molecule has 0 radical (unpaired) electrons. The monoisotopic (exact) mass is 242 g/mol.